The van der Waals surface area contributed by atoms with Crippen LogP contribution in [0, 0.1) is 0 Å². The third-order valence-electron chi connectivity index (χ3n) is 4.65. The number of hydrogen-bond acceptors (Lipinski definition) is 7. The van der Waals surface area contributed by atoms with Crippen LogP contribution in [0.15, 0.2) is 24.3 Å². The van der Waals surface area contributed by atoms with E-state index in [-0.39, 0.29) is 31.9 Å². The van der Waals surface area contributed by atoms with Gasteiger partial charge in [0, 0.05) is 19.8 Å². The Labute approximate surface area is 160 Å². The van der Waals surface area contributed by atoms with E-state index in [1.54, 1.807) is 26.0 Å². The van der Waals surface area contributed by atoms with E-state index in [9.17, 15) is 19.6 Å². The molecule has 3 N–H and O–H groups in total. The summed E-state index contributed by atoms with van der Waals surface area (Å²) in [4.78, 5) is 11.2. The van der Waals surface area contributed by atoms with Gasteiger partial charge >= 0.3 is 19.8 Å². The van der Waals surface area contributed by atoms with E-state index in [1.807, 2.05) is 13.0 Å². The van der Waals surface area contributed by atoms with Gasteiger partial charge in [0.05, 0.1) is 17.7 Å². The molecular formula is C18H27NO7P+. The van der Waals surface area contributed by atoms with Crippen LogP contribution in [0.5, 0.6) is 0 Å². The molecular weight excluding hydrogens is 373 g/mol. The Hall–Kier alpha value is -1.41. The van der Waals surface area contributed by atoms with Crippen LogP contribution >= 0.6 is 8.46 Å². The molecule has 0 saturated carbocycles. The number of carbonyl (C=O) groups is 1. The topological polar surface area (TPSA) is 114 Å². The van der Waals surface area contributed by atoms with Gasteiger partial charge in [-0.25, -0.2) is 4.79 Å². The van der Waals surface area contributed by atoms with Crippen molar-refractivity contribution in [1.82, 2.24) is 5.32 Å². The van der Waals surface area contributed by atoms with Gasteiger partial charge in [0.25, 0.3) is 0 Å². The van der Waals surface area contributed by atoms with Crippen LogP contribution in [0.1, 0.15) is 36.7 Å². The van der Waals surface area contributed by atoms with Crippen molar-refractivity contribution < 1.29 is 33.8 Å². The third kappa shape index (κ3) is 4.71. The second kappa shape index (κ2) is 9.19. The van der Waals surface area contributed by atoms with Gasteiger partial charge < -0.3 is 29.7 Å². The van der Waals surface area contributed by atoms with Crippen LogP contribution in [0.25, 0.3) is 0 Å². The van der Waals surface area contributed by atoms with Crippen LogP contribution in [0.2, 0.25) is 0 Å². The number of hydrogen-bond donors (Lipinski definition) is 3. The molecule has 1 saturated heterocycles. The van der Waals surface area contributed by atoms with E-state index in [0.29, 0.717) is 0 Å². The van der Waals surface area contributed by atoms with Crippen LogP contribution in [-0.4, -0.2) is 60.3 Å². The minimum atomic E-state index is -1.82. The lowest BCUT2D eigenvalue weighted by molar-refractivity contribution is -0.241. The summed E-state index contributed by atoms with van der Waals surface area (Å²) in [7, 11) is -1.11. The fourth-order valence-electron chi connectivity index (χ4n) is 3.03. The van der Waals surface area contributed by atoms with E-state index < -0.39 is 37.7 Å². The average Bonchev–Trinajstić information content (AvgIpc) is 2.68. The van der Waals surface area contributed by atoms with Crippen molar-refractivity contribution in [3.63, 3.8) is 0 Å². The summed E-state index contributed by atoms with van der Waals surface area (Å²) in [6.45, 7) is 6.31. The van der Waals surface area contributed by atoms with Crippen LogP contribution in [-0.2, 0) is 24.3 Å². The monoisotopic (exact) mass is 400 g/mol. The molecule has 27 heavy (non-hydrogen) atoms. The number of aromatic carboxylic acids is 1. The van der Waals surface area contributed by atoms with Crippen molar-refractivity contribution in [2.45, 2.75) is 44.0 Å². The lowest BCUT2D eigenvalue weighted by Gasteiger charge is -2.42. The molecule has 0 spiro atoms. The predicted octanol–water partition coefficient (Wildman–Crippen LogP) is 1.70. The lowest BCUT2D eigenvalue weighted by Crippen LogP contribution is -2.62. The van der Waals surface area contributed by atoms with Gasteiger partial charge in [-0.3, -0.25) is 0 Å². The molecule has 1 aliphatic heterocycles. The van der Waals surface area contributed by atoms with Gasteiger partial charge in [-0.1, -0.05) is 16.7 Å². The van der Waals surface area contributed by atoms with Gasteiger partial charge in [0.1, 0.15) is 6.10 Å². The number of carboxylic acid groups (broad SMARTS) is 1. The van der Waals surface area contributed by atoms with E-state index in [2.05, 4.69) is 5.32 Å². The maximum atomic E-state index is 11.8. The average molecular weight is 400 g/mol. The highest BCUT2D eigenvalue weighted by Gasteiger charge is 2.57. The van der Waals surface area contributed by atoms with Crippen molar-refractivity contribution in [3.8, 4) is 0 Å². The van der Waals surface area contributed by atoms with E-state index in [4.69, 9.17) is 14.2 Å². The molecule has 0 bridgehead atoms. The molecule has 150 valence electrons. The SMILES string of the molecule is CCOC(OCC)C(O)([PH+]=O)[C@H]1CN[C@](C)(c2cccc(C(=O)O)c2)CO1. The second-order valence-electron chi connectivity index (χ2n) is 6.57. The summed E-state index contributed by atoms with van der Waals surface area (Å²) in [6.07, 6.45) is -1.89. The van der Waals surface area contributed by atoms with Crippen LogP contribution < -0.4 is 5.32 Å². The highest BCUT2D eigenvalue weighted by Crippen LogP contribution is 2.36. The van der Waals surface area contributed by atoms with Gasteiger partial charge in [0.15, 0.2) is 0 Å². The summed E-state index contributed by atoms with van der Waals surface area (Å²) in [6, 6.07) is 6.60. The minimum absolute atomic E-state index is 0.151. The Balaban J connectivity index is 2.17. The standard InChI is InChI=1S/C18H26NO7P/c1-4-24-16(25-5-2)18(22,27-23)14-10-19-17(3,11-26-14)13-8-6-7-12(9-13)15(20)21/h6-9,14,16,19,22H,4-5,10-11H2,1-3H3,(H,20,21)/p+1/t14-,17+,18?/m1/s1. The van der Waals surface area contributed by atoms with Crippen LogP contribution in [0.4, 0.5) is 0 Å². The number of rotatable bonds is 9. The smallest absolute Gasteiger partial charge is 0.368 e. The number of morpholine rings is 1. The summed E-state index contributed by atoms with van der Waals surface area (Å²) in [5.41, 5.74) is 0.282. The Morgan fingerprint density at radius 2 is 2.11 bits per heavy atom. The first-order chi connectivity index (χ1) is 12.8. The quantitative estimate of drug-likeness (QED) is 0.424. The summed E-state index contributed by atoms with van der Waals surface area (Å²) in [5, 5.41) is 21.6. The van der Waals surface area contributed by atoms with Crippen molar-refractivity contribution in [3.05, 3.63) is 35.4 Å². The molecule has 1 aromatic carbocycles. The predicted molar refractivity (Wildman–Crippen MR) is 99.5 cm³/mol. The molecule has 1 heterocycles. The molecule has 9 heteroatoms. The highest BCUT2D eigenvalue weighted by molar-refractivity contribution is 7.25. The van der Waals surface area contributed by atoms with Gasteiger partial charge in [-0.15, -0.1) is 0 Å². The number of carboxylic acids is 1. The molecule has 0 aromatic heterocycles. The van der Waals surface area contributed by atoms with Crippen molar-refractivity contribution in [2.75, 3.05) is 26.4 Å². The first kappa shape index (κ1) is 21.9. The van der Waals surface area contributed by atoms with Gasteiger partial charge in [-0.2, -0.15) is 0 Å². The zero-order valence-electron chi connectivity index (χ0n) is 15.7. The molecule has 4 atom stereocenters. The Bertz CT molecular complexity index is 657. The van der Waals surface area contributed by atoms with Crippen molar-refractivity contribution >= 4 is 14.4 Å². The molecule has 1 aliphatic rings. The van der Waals surface area contributed by atoms with E-state index >= 15 is 0 Å². The lowest BCUT2D eigenvalue weighted by atomic mass is 9.89. The summed E-state index contributed by atoms with van der Waals surface area (Å²) < 4.78 is 28.6. The number of nitrogens with one attached hydrogen (secondary N) is 1. The highest BCUT2D eigenvalue weighted by atomic mass is 31.1. The molecule has 0 radical (unpaired) electrons. The summed E-state index contributed by atoms with van der Waals surface area (Å²) >= 11 is 0. The molecule has 8 nitrogen and oxygen atoms in total. The zero-order chi connectivity index (χ0) is 20.1. The molecule has 1 fully saturated rings. The maximum Gasteiger partial charge on any atom is 0.368 e. The Kier molecular flexibility index (Phi) is 7.45. The fourth-order valence-corrected chi connectivity index (χ4v) is 3.61. The van der Waals surface area contributed by atoms with Crippen molar-refractivity contribution in [2.24, 2.45) is 0 Å². The van der Waals surface area contributed by atoms with Crippen molar-refractivity contribution in [1.29, 1.82) is 0 Å². The fraction of sp³-hybridized carbons (Fsp3) is 0.611. The molecule has 0 amide bonds. The molecule has 0 aliphatic carbocycles. The number of aliphatic hydroxyl groups is 1. The molecule has 2 unspecified atom stereocenters. The molecule has 1 aromatic rings. The number of ether oxygens (including phenoxy) is 3. The Morgan fingerprint density at radius 3 is 2.59 bits per heavy atom. The van der Waals surface area contributed by atoms with Crippen LogP contribution in [0.3, 0.4) is 0 Å². The van der Waals surface area contributed by atoms with Gasteiger partial charge in [-0.05, 0) is 38.5 Å². The third-order valence-corrected chi connectivity index (χ3v) is 5.53. The number of benzene rings is 1. The summed E-state index contributed by atoms with van der Waals surface area (Å²) in [5.74, 6) is -1.01. The maximum absolute atomic E-state index is 11.8. The molecule has 2 rings (SSSR count). The van der Waals surface area contributed by atoms with E-state index in [0.717, 1.165) is 5.56 Å². The van der Waals surface area contributed by atoms with E-state index in [1.165, 1.54) is 6.07 Å². The first-order valence-corrected chi connectivity index (χ1v) is 9.77. The second-order valence-corrected chi connectivity index (χ2v) is 7.57. The zero-order valence-corrected chi connectivity index (χ0v) is 16.7. The van der Waals surface area contributed by atoms with Gasteiger partial charge in [0.2, 0.25) is 6.29 Å². The minimum Gasteiger partial charge on any atom is -0.478 e. The normalized spacial score (nSPS) is 25.4. The largest absolute Gasteiger partial charge is 0.478 e. The Morgan fingerprint density at radius 1 is 1.44 bits per heavy atom. The first-order valence-electron chi connectivity index (χ1n) is 8.86.